The summed E-state index contributed by atoms with van der Waals surface area (Å²) < 4.78 is 19.8. The molecule has 31 heavy (non-hydrogen) atoms. The van der Waals surface area contributed by atoms with E-state index in [0.717, 1.165) is 0 Å². The summed E-state index contributed by atoms with van der Waals surface area (Å²) in [6, 6.07) is 0. The van der Waals surface area contributed by atoms with E-state index in [4.69, 9.17) is 0 Å². The third-order valence-corrected chi connectivity index (χ3v) is 31.2. The van der Waals surface area contributed by atoms with Gasteiger partial charge in [0.15, 0.2) is 0 Å². The van der Waals surface area contributed by atoms with Crippen molar-refractivity contribution in [1.82, 2.24) is 27.9 Å². The molecule has 0 aromatic rings. The van der Waals surface area contributed by atoms with Crippen LogP contribution in [0.25, 0.3) is 0 Å². The van der Waals surface area contributed by atoms with Gasteiger partial charge in [0, 0.05) is 0 Å². The Balaban J connectivity index is -0.0000000443. The quantitative estimate of drug-likeness (QED) is 0.163. The van der Waals surface area contributed by atoms with E-state index in [1.807, 2.05) is 0 Å². The molecule has 0 fully saturated rings. The number of rotatable bonds is 6. The molecule has 6 nitrogen and oxygen atoms in total. The van der Waals surface area contributed by atoms with E-state index in [1.165, 1.54) is 62.4 Å². The standard InChI is InChI=1S/6C2H11NSi2.Li.H/c6*1-5(2)3-4;;/h6*3,5H,1-2,4H3;;. The first-order valence-electron chi connectivity index (χ1n) is 11.7. The van der Waals surface area contributed by atoms with E-state index < -0.39 is 0 Å². The first-order chi connectivity index (χ1) is 13.6. The molecule has 0 radical (unpaired) electrons. The van der Waals surface area contributed by atoms with Crippen molar-refractivity contribution in [1.29, 1.82) is 0 Å². The Morgan fingerprint density at radius 2 is 0.323 bits per heavy atom. The van der Waals surface area contributed by atoms with Crippen LogP contribution in [0.3, 0.4) is 0 Å². The molecular weight excluding hydrogens is 572 g/mol. The fourth-order valence-electron chi connectivity index (χ4n) is 0. The van der Waals surface area contributed by atoms with Crippen LogP contribution in [0.4, 0.5) is 0 Å². The topological polar surface area (TPSA) is 72.2 Å². The van der Waals surface area contributed by atoms with Gasteiger partial charge in [0.1, 0.15) is 0 Å². The Kier molecular flexibility index (Phi) is 75.8. The van der Waals surface area contributed by atoms with Crippen LogP contribution in [0.2, 0.25) is 78.6 Å². The van der Waals surface area contributed by atoms with Gasteiger partial charge in [-0.05, 0) is 0 Å². The molecule has 194 valence electrons. The van der Waals surface area contributed by atoms with E-state index in [-0.39, 0.29) is 72.6 Å². The van der Waals surface area contributed by atoms with Gasteiger partial charge in [0.05, 0.1) is 116 Å². The molecule has 0 aliphatic carbocycles. The average Bonchev–Trinajstić information content (AvgIpc) is 2.69. The summed E-state index contributed by atoms with van der Waals surface area (Å²) in [7, 11) is 5.08. The third-order valence-electron chi connectivity index (χ3n) is 3.46. The summed E-state index contributed by atoms with van der Waals surface area (Å²) in [6.45, 7) is 27.4. The number of nitrogens with one attached hydrogen (secondary N) is 6. The van der Waals surface area contributed by atoms with E-state index in [1.54, 1.807) is 0 Å². The van der Waals surface area contributed by atoms with Gasteiger partial charge in [0.25, 0.3) is 0 Å². The summed E-state index contributed by atoms with van der Waals surface area (Å²) >= 11 is 0. The van der Waals surface area contributed by atoms with Gasteiger partial charge in [-0.1, -0.05) is 78.6 Å². The summed E-state index contributed by atoms with van der Waals surface area (Å²) in [5.74, 6) is 0. The zero-order valence-electron chi connectivity index (χ0n) is 24.5. The Hall–Kier alpha value is 2.96. The maximum absolute atomic E-state index is 3.31. The van der Waals surface area contributed by atoms with Gasteiger partial charge in [-0.2, -0.15) is 0 Å². The molecule has 0 amide bonds. The van der Waals surface area contributed by atoms with Crippen molar-refractivity contribution in [3.8, 4) is 0 Å². The van der Waals surface area contributed by atoms with Crippen molar-refractivity contribution < 1.29 is 0 Å². The molecule has 0 unspecified atom stereocenters. The molecule has 0 aliphatic heterocycles. The second-order valence-corrected chi connectivity index (χ2v) is 36.4. The molecule has 0 saturated carbocycles. The number of hydrogen-bond acceptors (Lipinski definition) is 6. The summed E-state index contributed by atoms with van der Waals surface area (Å²) in [6.07, 6.45) is 0. The molecule has 0 aromatic carbocycles. The van der Waals surface area contributed by atoms with Crippen molar-refractivity contribution in [3.63, 3.8) is 0 Å². The summed E-state index contributed by atoms with van der Waals surface area (Å²) in [5, 5.41) is 0. The molecule has 0 saturated heterocycles. The van der Waals surface area contributed by atoms with Gasteiger partial charge >= 0.3 is 18.9 Å². The van der Waals surface area contributed by atoms with Gasteiger partial charge in [-0.25, -0.2) is 0 Å². The summed E-state index contributed by atoms with van der Waals surface area (Å²) in [5.41, 5.74) is 0. The Bertz CT molecular complexity index is 198. The number of hydrogen-bond donors (Lipinski definition) is 6. The Labute approximate surface area is 239 Å². The molecule has 0 atom stereocenters. The van der Waals surface area contributed by atoms with Crippen LogP contribution in [0, 0.1) is 0 Å². The molecule has 0 aliphatic rings. The fourth-order valence-corrected chi connectivity index (χ4v) is 0. The third kappa shape index (κ3) is 141. The average molecular weight is 640 g/mol. The van der Waals surface area contributed by atoms with Crippen LogP contribution in [0.5, 0.6) is 0 Å². The van der Waals surface area contributed by atoms with Crippen molar-refractivity contribution in [3.05, 3.63) is 0 Å². The molecule has 0 bridgehead atoms. The Morgan fingerprint density at radius 1 is 0.290 bits per heavy atom. The first-order valence-corrected chi connectivity index (χ1v) is 35.0. The predicted octanol–water partition coefficient (Wildman–Crippen LogP) is -7.61. The van der Waals surface area contributed by atoms with E-state index in [2.05, 4.69) is 106 Å². The zero-order valence-corrected chi connectivity index (χ0v) is 43.4. The monoisotopic (exact) mass is 638 g/mol. The van der Waals surface area contributed by atoms with E-state index in [9.17, 15) is 0 Å². The van der Waals surface area contributed by atoms with Crippen molar-refractivity contribution >= 4 is 135 Å². The normalized spacial score (nSPS) is 9.87. The van der Waals surface area contributed by atoms with Gasteiger partial charge in [0.2, 0.25) is 0 Å². The van der Waals surface area contributed by atoms with Crippen molar-refractivity contribution in [2.24, 2.45) is 0 Å². The minimum atomic E-state index is -0.338. The SMILES string of the molecule is C[SiH](C)N[SiH3].C[SiH](C)N[SiH3].C[SiH](C)N[SiH3].C[SiH](C)N[SiH3].C[SiH](C)N[SiH3].C[SiH](C)N[SiH3].[LiH]. The second kappa shape index (κ2) is 46.3. The van der Waals surface area contributed by atoms with E-state index >= 15 is 0 Å². The van der Waals surface area contributed by atoms with Gasteiger partial charge < -0.3 is 27.9 Å². The van der Waals surface area contributed by atoms with Crippen LogP contribution in [-0.2, 0) is 0 Å². The molecule has 0 rings (SSSR count). The van der Waals surface area contributed by atoms with Crippen molar-refractivity contribution in [2.45, 2.75) is 78.6 Å². The maximum atomic E-state index is 3.31. The Morgan fingerprint density at radius 3 is 0.323 bits per heavy atom. The molecule has 0 spiro atoms. The van der Waals surface area contributed by atoms with Gasteiger partial charge in [-0.3, -0.25) is 0 Å². The molecule has 19 heteroatoms. The van der Waals surface area contributed by atoms with Crippen LogP contribution < -0.4 is 27.9 Å². The first kappa shape index (κ1) is 50.8. The second-order valence-electron chi connectivity index (χ2n) is 8.66. The van der Waals surface area contributed by atoms with Crippen molar-refractivity contribution in [2.75, 3.05) is 0 Å². The van der Waals surface area contributed by atoms with E-state index in [0.29, 0.717) is 0 Å². The molecule has 6 N–H and O–H groups in total. The zero-order chi connectivity index (χ0) is 25.7. The predicted molar refractivity (Wildman–Crippen MR) is 199 cm³/mol. The van der Waals surface area contributed by atoms with Crippen LogP contribution >= 0.6 is 0 Å². The fraction of sp³-hybridized carbons (Fsp3) is 1.00. The summed E-state index contributed by atoms with van der Waals surface area (Å²) in [4.78, 5) is 0. The molecule has 0 aromatic heterocycles. The van der Waals surface area contributed by atoms with Gasteiger partial charge in [-0.15, -0.1) is 0 Å². The van der Waals surface area contributed by atoms with Crippen LogP contribution in [-0.4, -0.2) is 135 Å². The molecule has 0 heterocycles. The van der Waals surface area contributed by atoms with Crippen LogP contribution in [0.1, 0.15) is 0 Å². The van der Waals surface area contributed by atoms with Crippen LogP contribution in [0.15, 0.2) is 0 Å². The molecular formula is C12H67LiN6Si12. The minimum absolute atomic E-state index is 0.